The third-order valence-electron chi connectivity index (χ3n) is 4.66. The minimum Gasteiger partial charge on any atom is -0.452 e. The van der Waals surface area contributed by atoms with Gasteiger partial charge in [0.2, 0.25) is 0 Å². The van der Waals surface area contributed by atoms with E-state index in [-0.39, 0.29) is 10.5 Å². The van der Waals surface area contributed by atoms with Gasteiger partial charge in [0, 0.05) is 13.1 Å². The number of benzene rings is 3. The largest absolute Gasteiger partial charge is 0.452 e. The maximum absolute atomic E-state index is 13.6. The smallest absolute Gasteiger partial charge is 0.338 e. The number of hydrogen-bond donors (Lipinski definition) is 1. The molecule has 0 saturated carbocycles. The number of anilines is 2. The Hall–Kier alpha value is -3.79. The second-order valence-electron chi connectivity index (χ2n) is 7.08. The standard InChI is InChI=1S/C23H20F2N2O5S/c1-15-6-9-18(10-7-15)27(2)33(30,31)19-5-3-4-16(12-19)23(29)32-14-22(28)26-21-13-17(24)8-11-20(21)25/h3-13H,14H2,1-2H3,(H,26,28). The fraction of sp³-hybridized carbons (Fsp3) is 0.130. The van der Waals surface area contributed by atoms with Crippen molar-refractivity contribution in [3.63, 3.8) is 0 Å². The Morgan fingerprint density at radius 1 is 1.00 bits per heavy atom. The van der Waals surface area contributed by atoms with E-state index in [1.807, 2.05) is 6.92 Å². The van der Waals surface area contributed by atoms with Crippen LogP contribution in [0.15, 0.2) is 71.6 Å². The van der Waals surface area contributed by atoms with Gasteiger partial charge in [0.05, 0.1) is 21.8 Å². The van der Waals surface area contributed by atoms with E-state index in [2.05, 4.69) is 5.32 Å². The highest BCUT2D eigenvalue weighted by Gasteiger charge is 2.23. The summed E-state index contributed by atoms with van der Waals surface area (Å²) in [5.74, 6) is -3.46. The summed E-state index contributed by atoms with van der Waals surface area (Å²) in [6, 6.07) is 14.5. The average molecular weight is 474 g/mol. The highest BCUT2D eigenvalue weighted by Crippen LogP contribution is 2.23. The van der Waals surface area contributed by atoms with Gasteiger partial charge in [-0.1, -0.05) is 23.8 Å². The molecule has 0 aliphatic carbocycles. The van der Waals surface area contributed by atoms with Crippen LogP contribution in [0.4, 0.5) is 20.2 Å². The molecule has 0 aromatic heterocycles. The zero-order chi connectivity index (χ0) is 24.2. The highest BCUT2D eigenvalue weighted by molar-refractivity contribution is 7.92. The fourth-order valence-corrected chi connectivity index (χ4v) is 4.07. The van der Waals surface area contributed by atoms with Crippen molar-refractivity contribution in [2.75, 3.05) is 23.3 Å². The van der Waals surface area contributed by atoms with Crippen molar-refractivity contribution >= 4 is 33.3 Å². The van der Waals surface area contributed by atoms with Gasteiger partial charge in [-0.15, -0.1) is 0 Å². The molecule has 3 aromatic rings. The molecule has 0 heterocycles. The van der Waals surface area contributed by atoms with Gasteiger partial charge < -0.3 is 10.1 Å². The van der Waals surface area contributed by atoms with Crippen LogP contribution in [0.1, 0.15) is 15.9 Å². The Morgan fingerprint density at radius 2 is 1.70 bits per heavy atom. The van der Waals surface area contributed by atoms with E-state index in [9.17, 15) is 26.8 Å². The first-order valence-corrected chi connectivity index (χ1v) is 11.1. The Morgan fingerprint density at radius 3 is 2.39 bits per heavy atom. The average Bonchev–Trinajstić information content (AvgIpc) is 2.80. The van der Waals surface area contributed by atoms with Gasteiger partial charge in [-0.25, -0.2) is 22.0 Å². The molecule has 0 atom stereocenters. The van der Waals surface area contributed by atoms with Crippen LogP contribution in [-0.2, 0) is 19.6 Å². The molecule has 0 spiro atoms. The number of esters is 1. The number of carbonyl (C=O) groups excluding carboxylic acids is 2. The second kappa shape index (κ2) is 9.78. The number of aryl methyl sites for hydroxylation is 1. The Kier molecular flexibility index (Phi) is 7.07. The van der Waals surface area contributed by atoms with Crippen LogP contribution >= 0.6 is 0 Å². The summed E-state index contributed by atoms with van der Waals surface area (Å²) in [5.41, 5.74) is 0.912. The zero-order valence-electron chi connectivity index (χ0n) is 17.7. The minimum atomic E-state index is -3.97. The molecule has 0 saturated heterocycles. The molecule has 0 unspecified atom stereocenters. The second-order valence-corrected chi connectivity index (χ2v) is 9.05. The molecule has 0 bridgehead atoms. The van der Waals surface area contributed by atoms with E-state index >= 15 is 0 Å². The number of halogens is 2. The van der Waals surface area contributed by atoms with Gasteiger partial charge in [0.25, 0.3) is 15.9 Å². The van der Waals surface area contributed by atoms with E-state index in [0.717, 1.165) is 34.1 Å². The zero-order valence-corrected chi connectivity index (χ0v) is 18.5. The van der Waals surface area contributed by atoms with Crippen LogP contribution in [0.2, 0.25) is 0 Å². The summed E-state index contributed by atoms with van der Waals surface area (Å²) in [7, 11) is -2.58. The van der Waals surface area contributed by atoms with Crippen molar-refractivity contribution in [2.24, 2.45) is 0 Å². The molecule has 33 heavy (non-hydrogen) atoms. The fourth-order valence-electron chi connectivity index (χ4n) is 2.83. The Labute approximate surface area is 189 Å². The topological polar surface area (TPSA) is 92.8 Å². The summed E-state index contributed by atoms with van der Waals surface area (Å²) in [4.78, 5) is 24.1. The summed E-state index contributed by atoms with van der Waals surface area (Å²) in [6.07, 6.45) is 0. The van der Waals surface area contributed by atoms with Gasteiger partial charge in [0.1, 0.15) is 11.6 Å². The predicted octanol–water partition coefficient (Wildman–Crippen LogP) is 3.89. The van der Waals surface area contributed by atoms with Crippen molar-refractivity contribution < 1.29 is 31.5 Å². The lowest BCUT2D eigenvalue weighted by atomic mass is 10.2. The first-order chi connectivity index (χ1) is 15.6. The number of nitrogens with one attached hydrogen (secondary N) is 1. The lowest BCUT2D eigenvalue weighted by molar-refractivity contribution is -0.119. The number of ether oxygens (including phenoxy) is 1. The third kappa shape index (κ3) is 5.72. The van der Waals surface area contributed by atoms with E-state index in [1.54, 1.807) is 24.3 Å². The van der Waals surface area contributed by atoms with E-state index < -0.39 is 45.8 Å². The molecule has 0 aliphatic heterocycles. The molecule has 172 valence electrons. The summed E-state index contributed by atoms with van der Waals surface area (Å²) in [5, 5.41) is 2.10. The molecule has 7 nitrogen and oxygen atoms in total. The van der Waals surface area contributed by atoms with Crippen molar-refractivity contribution in [1.29, 1.82) is 0 Å². The monoisotopic (exact) mass is 474 g/mol. The molecular formula is C23H20F2N2O5S. The number of carbonyl (C=O) groups is 2. The van der Waals surface area contributed by atoms with Gasteiger partial charge in [0.15, 0.2) is 6.61 Å². The van der Waals surface area contributed by atoms with Crippen LogP contribution in [0.25, 0.3) is 0 Å². The molecule has 1 N–H and O–H groups in total. The van der Waals surface area contributed by atoms with Crippen molar-refractivity contribution in [2.45, 2.75) is 11.8 Å². The molecule has 0 aliphatic rings. The molecular weight excluding hydrogens is 454 g/mol. The van der Waals surface area contributed by atoms with Gasteiger partial charge in [-0.2, -0.15) is 0 Å². The summed E-state index contributed by atoms with van der Waals surface area (Å²) >= 11 is 0. The maximum Gasteiger partial charge on any atom is 0.338 e. The molecule has 3 aromatic carbocycles. The third-order valence-corrected chi connectivity index (χ3v) is 6.44. The number of amides is 1. The van der Waals surface area contributed by atoms with Gasteiger partial charge in [-0.05, 0) is 49.4 Å². The predicted molar refractivity (Wildman–Crippen MR) is 118 cm³/mol. The molecule has 1 amide bonds. The molecule has 10 heteroatoms. The van der Waals surface area contributed by atoms with Crippen molar-refractivity contribution in [3.05, 3.63) is 89.5 Å². The van der Waals surface area contributed by atoms with Crippen molar-refractivity contribution in [3.8, 4) is 0 Å². The number of sulfonamides is 1. The lowest BCUT2D eigenvalue weighted by Crippen LogP contribution is -2.27. The first-order valence-electron chi connectivity index (χ1n) is 9.65. The van der Waals surface area contributed by atoms with Crippen LogP contribution < -0.4 is 9.62 Å². The van der Waals surface area contributed by atoms with Crippen LogP contribution in [0.3, 0.4) is 0 Å². The van der Waals surface area contributed by atoms with Crippen LogP contribution in [-0.4, -0.2) is 33.9 Å². The Bertz CT molecular complexity index is 1290. The van der Waals surface area contributed by atoms with Crippen molar-refractivity contribution in [1.82, 2.24) is 0 Å². The molecule has 3 rings (SSSR count). The maximum atomic E-state index is 13.6. The van der Waals surface area contributed by atoms with Crippen LogP contribution in [0, 0.1) is 18.6 Å². The quantitative estimate of drug-likeness (QED) is 0.525. The summed E-state index contributed by atoms with van der Waals surface area (Å²) in [6.45, 7) is 1.09. The Balaban J connectivity index is 1.69. The van der Waals surface area contributed by atoms with Crippen LogP contribution in [0.5, 0.6) is 0 Å². The minimum absolute atomic E-state index is 0.0990. The number of nitrogens with zero attached hydrogens (tertiary/aromatic N) is 1. The van der Waals surface area contributed by atoms with E-state index in [4.69, 9.17) is 4.74 Å². The SMILES string of the molecule is Cc1ccc(N(C)S(=O)(=O)c2cccc(C(=O)OCC(=O)Nc3cc(F)ccc3F)c2)cc1. The molecule has 0 fully saturated rings. The molecule has 0 radical (unpaired) electrons. The normalized spacial score (nSPS) is 11.0. The lowest BCUT2D eigenvalue weighted by Gasteiger charge is -2.20. The highest BCUT2D eigenvalue weighted by atomic mass is 32.2. The van der Waals surface area contributed by atoms with E-state index in [0.29, 0.717) is 5.69 Å². The summed E-state index contributed by atoms with van der Waals surface area (Å²) < 4.78 is 58.7. The van der Waals surface area contributed by atoms with Gasteiger partial charge >= 0.3 is 5.97 Å². The number of rotatable bonds is 7. The van der Waals surface area contributed by atoms with Gasteiger partial charge in [-0.3, -0.25) is 9.10 Å². The van der Waals surface area contributed by atoms with E-state index in [1.165, 1.54) is 25.2 Å². The first kappa shape index (κ1) is 23.9. The number of hydrogen-bond acceptors (Lipinski definition) is 5.